The second-order valence-corrected chi connectivity index (χ2v) is 8.04. The highest BCUT2D eigenvalue weighted by Crippen LogP contribution is 2.24. The molecule has 0 atom stereocenters. The molecule has 7 nitrogen and oxygen atoms in total. The summed E-state index contributed by atoms with van der Waals surface area (Å²) < 4.78 is 5.36. The molecule has 0 aliphatic rings. The van der Waals surface area contributed by atoms with Crippen molar-refractivity contribution < 1.29 is 19.1 Å². The number of hydrogen-bond donors (Lipinski definition) is 2. The highest BCUT2D eigenvalue weighted by Gasteiger charge is 2.31. The predicted molar refractivity (Wildman–Crippen MR) is 115 cm³/mol. The van der Waals surface area contributed by atoms with E-state index >= 15 is 0 Å². The fourth-order valence-electron chi connectivity index (χ4n) is 3.20. The Kier molecular flexibility index (Phi) is 6.87. The summed E-state index contributed by atoms with van der Waals surface area (Å²) in [5.41, 5.74) is 9.80. The van der Waals surface area contributed by atoms with Crippen LogP contribution in [0.2, 0.25) is 0 Å². The number of amides is 3. The Morgan fingerprint density at radius 3 is 2.27 bits per heavy atom. The van der Waals surface area contributed by atoms with Crippen molar-refractivity contribution in [3.05, 3.63) is 64.2 Å². The Morgan fingerprint density at radius 2 is 1.73 bits per heavy atom. The maximum absolute atomic E-state index is 13.3. The van der Waals surface area contributed by atoms with Crippen molar-refractivity contribution in [3.63, 3.8) is 0 Å². The number of hydrogen-bond acceptors (Lipinski definition) is 4. The molecule has 160 valence electrons. The number of carbonyl (C=O) groups excluding carboxylic acids is 3. The number of benzene rings is 2. The number of primary amides is 1. The average Bonchev–Trinajstić information content (AvgIpc) is 2.69. The number of nitrogens with one attached hydrogen (secondary N) is 1. The molecule has 2 aromatic rings. The molecule has 7 heteroatoms. The van der Waals surface area contributed by atoms with Gasteiger partial charge in [-0.2, -0.15) is 0 Å². The number of carbonyl (C=O) groups is 3. The lowest BCUT2D eigenvalue weighted by atomic mass is 10.0. The van der Waals surface area contributed by atoms with E-state index in [-0.39, 0.29) is 11.1 Å². The first-order chi connectivity index (χ1) is 14.0. The Balaban J connectivity index is 2.45. The normalized spacial score (nSPS) is 11.0. The van der Waals surface area contributed by atoms with Crippen LogP contribution in [0, 0.1) is 6.92 Å². The van der Waals surface area contributed by atoms with Gasteiger partial charge in [0.2, 0.25) is 5.91 Å². The van der Waals surface area contributed by atoms with E-state index in [1.807, 2.05) is 27.7 Å². The SMILES string of the molecule is CCc1c(OC)cccc1C(=O)NN(C(=O)c1cc(C)cc(C(N)=O)c1)C(C)(C)C. The van der Waals surface area contributed by atoms with Crippen LogP contribution in [0.4, 0.5) is 0 Å². The van der Waals surface area contributed by atoms with E-state index < -0.39 is 23.3 Å². The summed E-state index contributed by atoms with van der Waals surface area (Å²) >= 11 is 0. The molecule has 0 bridgehead atoms. The Labute approximate surface area is 177 Å². The molecule has 0 fully saturated rings. The van der Waals surface area contributed by atoms with Gasteiger partial charge in [-0.15, -0.1) is 0 Å². The van der Waals surface area contributed by atoms with Crippen molar-refractivity contribution in [2.75, 3.05) is 7.11 Å². The average molecular weight is 412 g/mol. The fraction of sp³-hybridized carbons (Fsp3) is 0.348. The van der Waals surface area contributed by atoms with Crippen LogP contribution in [0.15, 0.2) is 36.4 Å². The zero-order valence-corrected chi connectivity index (χ0v) is 18.3. The first kappa shape index (κ1) is 22.9. The van der Waals surface area contributed by atoms with E-state index in [4.69, 9.17) is 10.5 Å². The van der Waals surface area contributed by atoms with Crippen molar-refractivity contribution in [1.29, 1.82) is 0 Å². The minimum absolute atomic E-state index is 0.236. The molecule has 0 saturated carbocycles. The minimum atomic E-state index is -0.728. The number of rotatable bonds is 5. The largest absolute Gasteiger partial charge is 0.496 e. The van der Waals surface area contributed by atoms with Crippen molar-refractivity contribution in [2.45, 2.75) is 46.6 Å². The van der Waals surface area contributed by atoms with Crippen molar-refractivity contribution in [1.82, 2.24) is 10.4 Å². The van der Waals surface area contributed by atoms with Crippen LogP contribution in [0.1, 0.15) is 69.9 Å². The van der Waals surface area contributed by atoms with Crippen LogP contribution in [0.5, 0.6) is 5.75 Å². The monoisotopic (exact) mass is 411 g/mol. The van der Waals surface area contributed by atoms with Gasteiger partial charge >= 0.3 is 0 Å². The van der Waals surface area contributed by atoms with E-state index in [0.717, 1.165) is 11.1 Å². The standard InChI is InChI=1S/C23H29N3O4/c1-7-17-18(9-8-10-19(17)30-6)21(28)25-26(23(3,4)5)22(29)16-12-14(2)11-15(13-16)20(24)27/h8-13H,7H2,1-6H3,(H2,24,27)(H,25,28). The van der Waals surface area contributed by atoms with E-state index in [0.29, 0.717) is 17.7 Å². The lowest BCUT2D eigenvalue weighted by molar-refractivity contribution is 0.0358. The maximum atomic E-state index is 13.3. The summed E-state index contributed by atoms with van der Waals surface area (Å²) in [6, 6.07) is 9.92. The van der Waals surface area contributed by atoms with E-state index in [1.165, 1.54) is 11.1 Å². The van der Waals surface area contributed by atoms with Crippen LogP contribution in [-0.4, -0.2) is 35.4 Å². The van der Waals surface area contributed by atoms with Crippen LogP contribution in [0.25, 0.3) is 0 Å². The van der Waals surface area contributed by atoms with E-state index in [9.17, 15) is 14.4 Å². The van der Waals surface area contributed by atoms with Gasteiger partial charge in [0, 0.05) is 22.3 Å². The van der Waals surface area contributed by atoms with Crippen LogP contribution in [-0.2, 0) is 6.42 Å². The van der Waals surface area contributed by atoms with E-state index in [1.54, 1.807) is 44.4 Å². The van der Waals surface area contributed by atoms with E-state index in [2.05, 4.69) is 5.43 Å². The molecule has 0 aromatic heterocycles. The van der Waals surface area contributed by atoms with Gasteiger partial charge in [-0.25, -0.2) is 5.01 Å². The summed E-state index contributed by atoms with van der Waals surface area (Å²) in [6.45, 7) is 9.12. The predicted octanol–water partition coefficient (Wildman–Crippen LogP) is 3.25. The highest BCUT2D eigenvalue weighted by atomic mass is 16.5. The van der Waals surface area contributed by atoms with Gasteiger partial charge in [0.15, 0.2) is 0 Å². The van der Waals surface area contributed by atoms with Crippen molar-refractivity contribution >= 4 is 17.7 Å². The fourth-order valence-corrected chi connectivity index (χ4v) is 3.20. The van der Waals surface area contributed by atoms with Crippen LogP contribution in [0.3, 0.4) is 0 Å². The first-order valence-electron chi connectivity index (χ1n) is 9.72. The molecule has 0 aliphatic heterocycles. The zero-order chi connectivity index (χ0) is 22.6. The minimum Gasteiger partial charge on any atom is -0.496 e. The molecule has 0 radical (unpaired) electrons. The van der Waals surface area contributed by atoms with Gasteiger partial charge < -0.3 is 10.5 Å². The summed E-state index contributed by atoms with van der Waals surface area (Å²) in [5.74, 6) is -0.869. The Bertz CT molecular complexity index is 977. The number of nitrogens with zero attached hydrogens (tertiary/aromatic N) is 1. The number of ether oxygens (including phenoxy) is 1. The zero-order valence-electron chi connectivity index (χ0n) is 18.3. The van der Waals surface area contributed by atoms with Gasteiger partial charge in [-0.05, 0) is 70.0 Å². The molecule has 3 amide bonds. The molecule has 2 rings (SSSR count). The molecule has 2 aromatic carbocycles. The number of hydrazine groups is 1. The second kappa shape index (κ2) is 8.98. The summed E-state index contributed by atoms with van der Waals surface area (Å²) in [6.07, 6.45) is 0.593. The molecular weight excluding hydrogens is 382 g/mol. The number of aryl methyl sites for hydroxylation is 1. The second-order valence-electron chi connectivity index (χ2n) is 8.04. The Hall–Kier alpha value is -3.35. The molecular formula is C23H29N3O4. The van der Waals surface area contributed by atoms with Gasteiger partial charge in [0.1, 0.15) is 5.75 Å². The van der Waals surface area contributed by atoms with Crippen molar-refractivity contribution in [3.8, 4) is 5.75 Å². The summed E-state index contributed by atoms with van der Waals surface area (Å²) in [5, 5.41) is 1.27. The lowest BCUT2D eigenvalue weighted by Gasteiger charge is -2.35. The third kappa shape index (κ3) is 4.97. The van der Waals surface area contributed by atoms with Crippen LogP contribution < -0.4 is 15.9 Å². The lowest BCUT2D eigenvalue weighted by Crippen LogP contribution is -2.56. The maximum Gasteiger partial charge on any atom is 0.272 e. The third-order valence-corrected chi connectivity index (χ3v) is 4.65. The molecule has 0 spiro atoms. The first-order valence-corrected chi connectivity index (χ1v) is 9.72. The van der Waals surface area contributed by atoms with Crippen LogP contribution >= 0.6 is 0 Å². The van der Waals surface area contributed by atoms with Gasteiger partial charge in [0.25, 0.3) is 11.8 Å². The quantitative estimate of drug-likeness (QED) is 0.737. The topological polar surface area (TPSA) is 102 Å². The number of methoxy groups -OCH3 is 1. The van der Waals surface area contributed by atoms with Gasteiger partial charge in [-0.3, -0.25) is 19.8 Å². The molecule has 30 heavy (non-hydrogen) atoms. The molecule has 0 unspecified atom stereocenters. The molecule has 3 N–H and O–H groups in total. The summed E-state index contributed by atoms with van der Waals surface area (Å²) in [4.78, 5) is 38.0. The molecule has 0 aliphatic carbocycles. The summed E-state index contributed by atoms with van der Waals surface area (Å²) in [7, 11) is 1.55. The highest BCUT2D eigenvalue weighted by molar-refractivity contribution is 6.02. The number of nitrogens with two attached hydrogens (primary N) is 1. The molecule has 0 heterocycles. The van der Waals surface area contributed by atoms with Gasteiger partial charge in [0.05, 0.1) is 12.6 Å². The smallest absolute Gasteiger partial charge is 0.272 e. The Morgan fingerprint density at radius 1 is 1.10 bits per heavy atom. The third-order valence-electron chi connectivity index (χ3n) is 4.65. The van der Waals surface area contributed by atoms with Crippen molar-refractivity contribution in [2.24, 2.45) is 5.73 Å². The van der Waals surface area contributed by atoms with Gasteiger partial charge in [-0.1, -0.05) is 13.0 Å². The molecule has 0 saturated heterocycles.